The Morgan fingerprint density at radius 2 is 1.71 bits per heavy atom. The number of aromatic nitrogens is 1. The second-order valence-electron chi connectivity index (χ2n) is 8.56. The van der Waals surface area contributed by atoms with Crippen molar-refractivity contribution < 1.29 is 13.6 Å². The standard InChI is InChI=1S/C28H23ClFN3O2/c1-16-8-4-5-9-20(16)27-32-24(18(3)35-27)15-33-25-13-12-19(29)14-22(25)26(31-17(2)28(33)34)21-10-6-7-11-23(21)30/h4-14,17H,15H2,1-3H3. The van der Waals surface area contributed by atoms with Crippen LogP contribution in [0.2, 0.25) is 5.02 Å². The summed E-state index contributed by atoms with van der Waals surface area (Å²) in [5, 5.41) is 0.467. The van der Waals surface area contributed by atoms with Crippen molar-refractivity contribution in [2.45, 2.75) is 33.4 Å². The maximum Gasteiger partial charge on any atom is 0.251 e. The molecule has 5 nitrogen and oxygen atoms in total. The Bertz CT molecular complexity index is 1480. The number of hydrogen-bond donors (Lipinski definition) is 0. The van der Waals surface area contributed by atoms with Crippen LogP contribution in [0.3, 0.4) is 0 Å². The lowest BCUT2D eigenvalue weighted by molar-refractivity contribution is -0.119. The zero-order valence-corrected chi connectivity index (χ0v) is 20.3. The van der Waals surface area contributed by atoms with Gasteiger partial charge in [0.05, 0.1) is 17.9 Å². The third-order valence-electron chi connectivity index (χ3n) is 6.16. The van der Waals surface area contributed by atoms with E-state index in [1.165, 1.54) is 6.07 Å². The summed E-state index contributed by atoms with van der Waals surface area (Å²) in [6.07, 6.45) is 0. The number of anilines is 1. The smallest absolute Gasteiger partial charge is 0.251 e. The van der Waals surface area contributed by atoms with Crippen LogP contribution in [0.15, 0.2) is 76.1 Å². The number of hydrogen-bond acceptors (Lipinski definition) is 4. The average molecular weight is 488 g/mol. The van der Waals surface area contributed by atoms with E-state index in [0.717, 1.165) is 11.1 Å². The Hall–Kier alpha value is -3.77. The van der Waals surface area contributed by atoms with Crippen LogP contribution in [0, 0.1) is 19.7 Å². The summed E-state index contributed by atoms with van der Waals surface area (Å²) in [4.78, 5) is 24.5. The van der Waals surface area contributed by atoms with Gasteiger partial charge in [-0.05, 0) is 62.7 Å². The van der Waals surface area contributed by atoms with Crippen LogP contribution in [0.5, 0.6) is 0 Å². The molecule has 0 aliphatic carbocycles. The molecule has 0 spiro atoms. The third-order valence-corrected chi connectivity index (χ3v) is 6.39. The average Bonchev–Trinajstić information content (AvgIpc) is 3.17. The number of benzodiazepines with no additional fused rings is 1. The predicted molar refractivity (Wildman–Crippen MR) is 136 cm³/mol. The summed E-state index contributed by atoms with van der Waals surface area (Å²) in [5.41, 5.74) is 4.46. The monoisotopic (exact) mass is 487 g/mol. The van der Waals surface area contributed by atoms with Crippen molar-refractivity contribution in [1.29, 1.82) is 0 Å². The minimum atomic E-state index is -0.737. The van der Waals surface area contributed by atoms with Crippen molar-refractivity contribution >= 4 is 28.9 Å². The Labute approximate surface area is 207 Å². The highest BCUT2D eigenvalue weighted by Crippen LogP contribution is 2.33. The van der Waals surface area contributed by atoms with Crippen LogP contribution in [0.25, 0.3) is 11.5 Å². The summed E-state index contributed by atoms with van der Waals surface area (Å²) in [6.45, 7) is 5.72. The van der Waals surface area contributed by atoms with Gasteiger partial charge in [-0.2, -0.15) is 0 Å². The van der Waals surface area contributed by atoms with Gasteiger partial charge in [0.1, 0.15) is 23.3 Å². The number of oxazole rings is 1. The molecule has 1 unspecified atom stereocenters. The third kappa shape index (κ3) is 4.26. The quantitative estimate of drug-likeness (QED) is 0.329. The topological polar surface area (TPSA) is 58.7 Å². The zero-order valence-electron chi connectivity index (χ0n) is 19.5. The maximum atomic E-state index is 14.8. The van der Waals surface area contributed by atoms with Gasteiger partial charge in [0, 0.05) is 21.7 Å². The Kier molecular flexibility index (Phi) is 5.99. The number of rotatable bonds is 4. The van der Waals surface area contributed by atoms with Crippen LogP contribution >= 0.6 is 11.6 Å². The lowest BCUT2D eigenvalue weighted by Crippen LogP contribution is -2.36. The molecule has 1 aliphatic rings. The molecule has 4 aromatic rings. The summed E-state index contributed by atoms with van der Waals surface area (Å²) < 4.78 is 20.8. The van der Waals surface area contributed by atoms with E-state index in [9.17, 15) is 9.18 Å². The summed E-state index contributed by atoms with van der Waals surface area (Å²) >= 11 is 6.33. The number of nitrogens with zero attached hydrogens (tertiary/aromatic N) is 3. The summed E-state index contributed by atoms with van der Waals surface area (Å²) in [6, 6.07) is 18.7. The number of amides is 1. The van der Waals surface area contributed by atoms with Crippen LogP contribution < -0.4 is 4.90 Å². The van der Waals surface area contributed by atoms with Crippen LogP contribution in [-0.4, -0.2) is 22.6 Å². The molecule has 0 N–H and O–H groups in total. The van der Waals surface area contributed by atoms with Crippen molar-refractivity contribution in [2.75, 3.05) is 4.90 Å². The first-order valence-electron chi connectivity index (χ1n) is 11.3. The van der Waals surface area contributed by atoms with E-state index in [1.807, 2.05) is 38.1 Å². The van der Waals surface area contributed by atoms with E-state index >= 15 is 0 Å². The highest BCUT2D eigenvalue weighted by Gasteiger charge is 2.32. The van der Waals surface area contributed by atoms with E-state index in [0.29, 0.717) is 44.9 Å². The van der Waals surface area contributed by atoms with Gasteiger partial charge in [0.2, 0.25) is 5.89 Å². The Balaban J connectivity index is 1.60. The number of carbonyl (C=O) groups excluding carboxylic acids is 1. The molecule has 0 radical (unpaired) electrons. The number of halogens is 2. The number of aliphatic imine (C=N–C) groups is 1. The summed E-state index contributed by atoms with van der Waals surface area (Å²) in [5.74, 6) is 0.490. The number of benzene rings is 3. The van der Waals surface area contributed by atoms with Crippen molar-refractivity contribution in [1.82, 2.24) is 4.98 Å². The molecule has 7 heteroatoms. The molecule has 5 rings (SSSR count). The lowest BCUT2D eigenvalue weighted by Gasteiger charge is -2.24. The van der Waals surface area contributed by atoms with Gasteiger partial charge >= 0.3 is 0 Å². The number of aryl methyl sites for hydroxylation is 2. The van der Waals surface area contributed by atoms with Gasteiger partial charge < -0.3 is 9.32 Å². The first-order valence-corrected chi connectivity index (χ1v) is 11.7. The van der Waals surface area contributed by atoms with Gasteiger partial charge in [0.25, 0.3) is 5.91 Å². The molecule has 0 bridgehead atoms. The molecular weight excluding hydrogens is 465 g/mol. The SMILES string of the molecule is Cc1ccccc1-c1nc(CN2C(=O)C(C)N=C(c3ccccc3F)c3cc(Cl)ccc32)c(C)o1. The zero-order chi connectivity index (χ0) is 24.7. The molecule has 2 heterocycles. The molecule has 0 fully saturated rings. The molecular formula is C28H23ClFN3O2. The fourth-order valence-corrected chi connectivity index (χ4v) is 4.45. The van der Waals surface area contributed by atoms with Crippen molar-refractivity contribution in [3.05, 3.63) is 106 Å². The molecule has 1 aliphatic heterocycles. The molecule has 176 valence electrons. The lowest BCUT2D eigenvalue weighted by atomic mass is 9.99. The molecule has 0 saturated carbocycles. The number of carbonyl (C=O) groups is 1. The van der Waals surface area contributed by atoms with Crippen molar-refractivity contribution in [3.63, 3.8) is 0 Å². The fourth-order valence-electron chi connectivity index (χ4n) is 4.28. The molecule has 3 aromatic carbocycles. The summed E-state index contributed by atoms with van der Waals surface area (Å²) in [7, 11) is 0. The first-order chi connectivity index (χ1) is 16.8. The molecule has 35 heavy (non-hydrogen) atoms. The van der Waals surface area contributed by atoms with Gasteiger partial charge in [-0.15, -0.1) is 0 Å². The van der Waals surface area contributed by atoms with Crippen LogP contribution in [0.4, 0.5) is 10.1 Å². The largest absolute Gasteiger partial charge is 0.441 e. The van der Waals surface area contributed by atoms with Gasteiger partial charge in [-0.1, -0.05) is 41.9 Å². The second-order valence-corrected chi connectivity index (χ2v) is 8.99. The molecule has 1 atom stereocenters. The molecule has 0 saturated heterocycles. The Morgan fingerprint density at radius 3 is 2.46 bits per heavy atom. The molecule has 1 amide bonds. The van der Waals surface area contributed by atoms with E-state index in [4.69, 9.17) is 21.0 Å². The van der Waals surface area contributed by atoms with E-state index in [1.54, 1.807) is 48.2 Å². The highest BCUT2D eigenvalue weighted by atomic mass is 35.5. The van der Waals surface area contributed by atoms with Gasteiger partial charge in [-0.25, -0.2) is 9.37 Å². The van der Waals surface area contributed by atoms with Crippen LogP contribution in [0.1, 0.15) is 35.1 Å². The fraction of sp³-hybridized carbons (Fsp3) is 0.179. The van der Waals surface area contributed by atoms with E-state index < -0.39 is 11.9 Å². The Morgan fingerprint density at radius 1 is 1.00 bits per heavy atom. The second kappa shape index (κ2) is 9.12. The van der Waals surface area contributed by atoms with E-state index in [2.05, 4.69) is 4.99 Å². The normalized spacial score (nSPS) is 15.6. The van der Waals surface area contributed by atoms with Gasteiger partial charge in [-0.3, -0.25) is 9.79 Å². The minimum absolute atomic E-state index is 0.180. The van der Waals surface area contributed by atoms with E-state index in [-0.39, 0.29) is 12.5 Å². The van der Waals surface area contributed by atoms with Crippen molar-refractivity contribution in [3.8, 4) is 11.5 Å². The van der Waals surface area contributed by atoms with Crippen molar-refractivity contribution in [2.24, 2.45) is 4.99 Å². The highest BCUT2D eigenvalue weighted by molar-refractivity contribution is 6.32. The van der Waals surface area contributed by atoms with Crippen LogP contribution in [-0.2, 0) is 11.3 Å². The first kappa shape index (κ1) is 23.0. The number of fused-ring (bicyclic) bond motifs is 1. The molecule has 1 aromatic heterocycles. The van der Waals surface area contributed by atoms with Gasteiger partial charge in [0.15, 0.2) is 0 Å². The minimum Gasteiger partial charge on any atom is -0.441 e. The predicted octanol–water partition coefficient (Wildman–Crippen LogP) is 6.52. The maximum absolute atomic E-state index is 14.8.